The van der Waals surface area contributed by atoms with Crippen LogP contribution in [-0.2, 0) is 6.42 Å². The van der Waals surface area contributed by atoms with Gasteiger partial charge < -0.3 is 9.15 Å². The van der Waals surface area contributed by atoms with Crippen LogP contribution in [0.2, 0.25) is 0 Å². The third kappa shape index (κ3) is 2.26. The Morgan fingerprint density at radius 1 is 1.33 bits per heavy atom. The van der Waals surface area contributed by atoms with Crippen LogP contribution >= 0.6 is 0 Å². The second kappa shape index (κ2) is 4.84. The molecule has 2 rings (SSSR count). The fraction of sp³-hybridized carbons (Fsp3) is 0.400. The fourth-order valence-electron chi connectivity index (χ4n) is 1.94. The Morgan fingerprint density at radius 3 is 2.67 bits per heavy atom. The average molecular weight is 246 g/mol. The molecule has 1 heterocycles. The van der Waals surface area contributed by atoms with Crippen LogP contribution in [-0.4, -0.2) is 6.10 Å². The first-order valence-corrected chi connectivity index (χ1v) is 6.26. The van der Waals surface area contributed by atoms with Crippen molar-refractivity contribution in [2.75, 3.05) is 0 Å². The molecule has 0 amide bonds. The van der Waals surface area contributed by atoms with E-state index in [1.807, 2.05) is 33.8 Å². The minimum absolute atomic E-state index is 0.00676. The van der Waals surface area contributed by atoms with Crippen LogP contribution in [0.4, 0.5) is 0 Å². The molecule has 0 spiro atoms. The Kier molecular flexibility index (Phi) is 3.41. The van der Waals surface area contributed by atoms with Gasteiger partial charge >= 0.3 is 0 Å². The summed E-state index contributed by atoms with van der Waals surface area (Å²) in [5.41, 5.74) is 1.53. The fourth-order valence-corrected chi connectivity index (χ4v) is 1.94. The summed E-state index contributed by atoms with van der Waals surface area (Å²) in [6.07, 6.45) is 0.808. The Bertz CT molecular complexity index is 623. The zero-order valence-electron chi connectivity index (χ0n) is 11.2. The van der Waals surface area contributed by atoms with Crippen LogP contribution in [0.25, 0.3) is 11.0 Å². The molecule has 0 radical (unpaired) electrons. The third-order valence-corrected chi connectivity index (χ3v) is 2.86. The normalized spacial score (nSPS) is 11.2. The highest BCUT2D eigenvalue weighted by atomic mass is 16.5. The van der Waals surface area contributed by atoms with E-state index in [-0.39, 0.29) is 11.5 Å². The predicted molar refractivity (Wildman–Crippen MR) is 72.4 cm³/mol. The summed E-state index contributed by atoms with van der Waals surface area (Å²) in [5.74, 6) is 1.48. The molecule has 0 bridgehead atoms. The van der Waals surface area contributed by atoms with Gasteiger partial charge in [0.15, 0.2) is 5.43 Å². The second-order valence-corrected chi connectivity index (χ2v) is 4.66. The number of hydrogen-bond acceptors (Lipinski definition) is 3. The van der Waals surface area contributed by atoms with Crippen molar-refractivity contribution in [1.82, 2.24) is 0 Å². The van der Waals surface area contributed by atoms with Crippen LogP contribution < -0.4 is 10.2 Å². The van der Waals surface area contributed by atoms with E-state index in [4.69, 9.17) is 9.15 Å². The molecule has 1 aromatic heterocycles. The van der Waals surface area contributed by atoms with Gasteiger partial charge in [-0.25, -0.2) is 0 Å². The Labute approximate surface area is 106 Å². The zero-order chi connectivity index (χ0) is 13.3. The summed E-state index contributed by atoms with van der Waals surface area (Å²) in [6, 6.07) is 5.16. The third-order valence-electron chi connectivity index (χ3n) is 2.86. The van der Waals surface area contributed by atoms with E-state index in [0.717, 1.165) is 11.3 Å². The molecule has 0 saturated heterocycles. The first-order chi connectivity index (χ1) is 8.52. The quantitative estimate of drug-likeness (QED) is 0.832. The van der Waals surface area contributed by atoms with Gasteiger partial charge in [-0.05, 0) is 32.9 Å². The number of hydrogen-bond donors (Lipinski definition) is 0. The van der Waals surface area contributed by atoms with E-state index in [1.54, 1.807) is 12.1 Å². The van der Waals surface area contributed by atoms with Gasteiger partial charge in [0.1, 0.15) is 17.1 Å². The molecule has 0 unspecified atom stereocenters. The maximum absolute atomic E-state index is 11.9. The highest BCUT2D eigenvalue weighted by Crippen LogP contribution is 2.27. The number of rotatable bonds is 3. The summed E-state index contributed by atoms with van der Waals surface area (Å²) in [4.78, 5) is 11.9. The summed E-state index contributed by atoms with van der Waals surface area (Å²) in [5, 5.41) is 0.612. The highest BCUT2D eigenvalue weighted by molar-refractivity contribution is 5.81. The van der Waals surface area contributed by atoms with Gasteiger partial charge in [-0.2, -0.15) is 0 Å². The molecule has 96 valence electrons. The number of fused-ring (bicyclic) bond motifs is 1. The molecule has 0 aliphatic rings. The molecule has 18 heavy (non-hydrogen) atoms. The molecular formula is C15H18O3. The van der Waals surface area contributed by atoms with E-state index in [0.29, 0.717) is 23.2 Å². The molecule has 2 aromatic rings. The van der Waals surface area contributed by atoms with Gasteiger partial charge in [-0.15, -0.1) is 0 Å². The highest BCUT2D eigenvalue weighted by Gasteiger charge is 2.11. The molecule has 0 aliphatic heterocycles. The Balaban J connectivity index is 2.68. The Hall–Kier alpha value is -1.77. The van der Waals surface area contributed by atoms with Crippen molar-refractivity contribution in [3.05, 3.63) is 39.7 Å². The lowest BCUT2D eigenvalue weighted by atomic mass is 10.1. The number of benzene rings is 1. The topological polar surface area (TPSA) is 39.4 Å². The van der Waals surface area contributed by atoms with Crippen molar-refractivity contribution in [3.63, 3.8) is 0 Å². The van der Waals surface area contributed by atoms with E-state index in [1.165, 1.54) is 0 Å². The predicted octanol–water partition coefficient (Wildman–Crippen LogP) is 3.45. The van der Waals surface area contributed by atoms with Crippen molar-refractivity contribution < 1.29 is 9.15 Å². The van der Waals surface area contributed by atoms with Crippen LogP contribution in [0.5, 0.6) is 5.75 Å². The molecule has 3 heteroatoms. The van der Waals surface area contributed by atoms with Gasteiger partial charge in [0.05, 0.1) is 11.5 Å². The average Bonchev–Trinajstić information content (AvgIpc) is 2.32. The van der Waals surface area contributed by atoms with E-state index < -0.39 is 0 Å². The molecule has 3 nitrogen and oxygen atoms in total. The summed E-state index contributed by atoms with van der Waals surface area (Å²) >= 11 is 0. The zero-order valence-corrected chi connectivity index (χ0v) is 11.2. The summed E-state index contributed by atoms with van der Waals surface area (Å²) < 4.78 is 11.5. The first kappa shape index (κ1) is 12.7. The summed E-state index contributed by atoms with van der Waals surface area (Å²) in [6.45, 7) is 7.83. The van der Waals surface area contributed by atoms with Gasteiger partial charge in [0.2, 0.25) is 0 Å². The van der Waals surface area contributed by atoms with E-state index in [2.05, 4.69) is 0 Å². The molecule has 0 atom stereocenters. The van der Waals surface area contributed by atoms with Crippen molar-refractivity contribution >= 4 is 11.0 Å². The second-order valence-electron chi connectivity index (χ2n) is 4.66. The minimum Gasteiger partial charge on any atom is -0.491 e. The SMILES string of the molecule is CCc1cc(=O)c2ccc(OC(C)C)c(C)c2o1. The molecular weight excluding hydrogens is 228 g/mol. The standard InChI is InChI=1S/C15H18O3/c1-5-11-8-13(16)12-6-7-14(17-9(2)3)10(4)15(12)18-11/h6-9H,5H2,1-4H3. The monoisotopic (exact) mass is 246 g/mol. The maximum atomic E-state index is 11.9. The minimum atomic E-state index is 0.00676. The lowest BCUT2D eigenvalue weighted by Crippen LogP contribution is -2.08. The van der Waals surface area contributed by atoms with Crippen molar-refractivity contribution in [2.45, 2.75) is 40.2 Å². The first-order valence-electron chi connectivity index (χ1n) is 6.26. The van der Waals surface area contributed by atoms with Crippen LogP contribution in [0.15, 0.2) is 27.4 Å². The molecule has 0 aliphatic carbocycles. The van der Waals surface area contributed by atoms with Gasteiger partial charge in [-0.1, -0.05) is 6.92 Å². The van der Waals surface area contributed by atoms with Crippen molar-refractivity contribution in [3.8, 4) is 5.75 Å². The van der Waals surface area contributed by atoms with Crippen LogP contribution in [0.1, 0.15) is 32.1 Å². The van der Waals surface area contributed by atoms with Crippen molar-refractivity contribution in [2.24, 2.45) is 0 Å². The smallest absolute Gasteiger partial charge is 0.192 e. The van der Waals surface area contributed by atoms with E-state index >= 15 is 0 Å². The lowest BCUT2D eigenvalue weighted by molar-refractivity contribution is 0.241. The van der Waals surface area contributed by atoms with Crippen molar-refractivity contribution in [1.29, 1.82) is 0 Å². The molecule has 1 aromatic carbocycles. The number of aryl methyl sites for hydroxylation is 2. The van der Waals surface area contributed by atoms with Crippen LogP contribution in [0, 0.1) is 6.92 Å². The maximum Gasteiger partial charge on any atom is 0.192 e. The van der Waals surface area contributed by atoms with Gasteiger partial charge in [0, 0.05) is 18.1 Å². The number of ether oxygens (including phenoxy) is 1. The van der Waals surface area contributed by atoms with Crippen LogP contribution in [0.3, 0.4) is 0 Å². The van der Waals surface area contributed by atoms with Gasteiger partial charge in [0.25, 0.3) is 0 Å². The van der Waals surface area contributed by atoms with E-state index in [9.17, 15) is 4.79 Å². The largest absolute Gasteiger partial charge is 0.491 e. The molecule has 0 fully saturated rings. The lowest BCUT2D eigenvalue weighted by Gasteiger charge is -2.13. The molecule has 0 saturated carbocycles. The molecule has 0 N–H and O–H groups in total. The van der Waals surface area contributed by atoms with Gasteiger partial charge in [-0.3, -0.25) is 4.79 Å². The Morgan fingerprint density at radius 2 is 2.06 bits per heavy atom. The summed E-state index contributed by atoms with van der Waals surface area (Å²) in [7, 11) is 0.